The number of thioether (sulfide) groups is 1. The van der Waals surface area contributed by atoms with Gasteiger partial charge in [0.25, 0.3) is 5.91 Å². The van der Waals surface area contributed by atoms with Crippen LogP contribution in [0.2, 0.25) is 5.02 Å². The maximum atomic E-state index is 13.5. The van der Waals surface area contributed by atoms with Crippen molar-refractivity contribution < 1.29 is 33.3 Å². The summed E-state index contributed by atoms with van der Waals surface area (Å²) in [6, 6.07) is 15.8. The summed E-state index contributed by atoms with van der Waals surface area (Å²) in [5, 5.41) is 11.2. The van der Waals surface area contributed by atoms with Crippen LogP contribution >= 0.6 is 39.3 Å². The zero-order chi connectivity index (χ0) is 28.8. The standard InChI is InChI=1S/C29H22BrClFNO6S/c1-3-38-29(36)24-25(34)23(40-28(24)33-27(35)19-9-4-5-10-21(19)31)14-17-12-20(30)26(22(13-17)37-2)39-15-16-7-6-8-18(32)11-16/h4-14,34H,3,15H2,1-2H3/b23-14-,33-28?. The monoisotopic (exact) mass is 645 g/mol. The fraction of sp³-hybridized carbons (Fsp3) is 0.138. The number of nitrogens with zero attached hydrogens (tertiary/aromatic N) is 1. The van der Waals surface area contributed by atoms with E-state index in [4.69, 9.17) is 25.8 Å². The van der Waals surface area contributed by atoms with Gasteiger partial charge in [-0.1, -0.05) is 47.6 Å². The first-order chi connectivity index (χ1) is 19.2. The second-order valence-electron chi connectivity index (χ2n) is 8.21. The first kappa shape index (κ1) is 29.4. The fourth-order valence-corrected chi connectivity index (χ4v) is 5.48. The van der Waals surface area contributed by atoms with Crippen LogP contribution in [0.1, 0.15) is 28.4 Å². The first-order valence-corrected chi connectivity index (χ1v) is 13.8. The van der Waals surface area contributed by atoms with Gasteiger partial charge >= 0.3 is 5.97 Å². The Morgan fingerprint density at radius 2 is 1.93 bits per heavy atom. The van der Waals surface area contributed by atoms with E-state index in [0.29, 0.717) is 27.1 Å². The molecule has 0 aromatic heterocycles. The highest BCUT2D eigenvalue weighted by Crippen LogP contribution is 2.42. The smallest absolute Gasteiger partial charge is 0.344 e. The van der Waals surface area contributed by atoms with Gasteiger partial charge in [-0.15, -0.1) is 0 Å². The molecule has 4 rings (SSSR count). The van der Waals surface area contributed by atoms with Crippen LogP contribution in [-0.2, 0) is 16.1 Å². The number of carbonyl (C=O) groups is 2. The van der Waals surface area contributed by atoms with Crippen LogP contribution in [0.25, 0.3) is 6.08 Å². The molecular formula is C29H22BrClFNO6S. The Morgan fingerprint density at radius 3 is 2.62 bits per heavy atom. The largest absolute Gasteiger partial charge is 0.506 e. The number of carbonyl (C=O) groups excluding carboxylic acids is 2. The Bertz CT molecular complexity index is 1570. The maximum Gasteiger partial charge on any atom is 0.344 e. The van der Waals surface area contributed by atoms with E-state index in [1.54, 1.807) is 55.5 Å². The number of hydrogen-bond donors (Lipinski definition) is 1. The Morgan fingerprint density at radius 1 is 1.15 bits per heavy atom. The molecule has 1 amide bonds. The van der Waals surface area contributed by atoms with Gasteiger partial charge in [-0.2, -0.15) is 0 Å². The van der Waals surface area contributed by atoms with Gasteiger partial charge in [-0.3, -0.25) is 4.79 Å². The summed E-state index contributed by atoms with van der Waals surface area (Å²) in [5.74, 6) is -1.47. The molecule has 0 unspecified atom stereocenters. The predicted molar refractivity (Wildman–Crippen MR) is 156 cm³/mol. The van der Waals surface area contributed by atoms with Crippen molar-refractivity contribution in [2.75, 3.05) is 13.7 Å². The lowest BCUT2D eigenvalue weighted by atomic mass is 10.1. The van der Waals surface area contributed by atoms with E-state index in [9.17, 15) is 19.1 Å². The number of methoxy groups -OCH3 is 1. The number of aliphatic hydroxyl groups is 1. The van der Waals surface area contributed by atoms with E-state index >= 15 is 0 Å². The summed E-state index contributed by atoms with van der Waals surface area (Å²) in [5.41, 5.74) is 1.15. The second-order valence-corrected chi connectivity index (χ2v) is 10.5. The molecule has 0 spiro atoms. The Balaban J connectivity index is 1.67. The fourth-order valence-electron chi connectivity index (χ4n) is 3.68. The highest BCUT2D eigenvalue weighted by Gasteiger charge is 2.34. The molecular weight excluding hydrogens is 625 g/mol. The third kappa shape index (κ3) is 6.75. The number of aliphatic hydroxyl groups excluding tert-OH is 1. The van der Waals surface area contributed by atoms with Gasteiger partial charge in [-0.25, -0.2) is 14.2 Å². The number of hydrogen-bond acceptors (Lipinski definition) is 7. The average molecular weight is 647 g/mol. The molecule has 11 heteroatoms. The molecule has 1 aliphatic rings. The summed E-state index contributed by atoms with van der Waals surface area (Å²) < 4.78 is 30.5. The van der Waals surface area contributed by atoms with Crippen molar-refractivity contribution in [1.82, 2.24) is 0 Å². The van der Waals surface area contributed by atoms with Crippen molar-refractivity contribution in [3.8, 4) is 11.5 Å². The number of aliphatic imine (C=N–C) groups is 1. The molecule has 7 nitrogen and oxygen atoms in total. The van der Waals surface area contributed by atoms with Gasteiger partial charge < -0.3 is 19.3 Å². The highest BCUT2D eigenvalue weighted by molar-refractivity contribution is 9.10. The van der Waals surface area contributed by atoms with Crippen molar-refractivity contribution >= 4 is 62.3 Å². The van der Waals surface area contributed by atoms with Crippen LogP contribution in [0.4, 0.5) is 4.39 Å². The lowest BCUT2D eigenvalue weighted by Crippen LogP contribution is -2.14. The van der Waals surface area contributed by atoms with Crippen LogP contribution in [0, 0.1) is 5.82 Å². The maximum absolute atomic E-state index is 13.5. The lowest BCUT2D eigenvalue weighted by molar-refractivity contribution is -0.138. The number of rotatable bonds is 8. The third-order valence-corrected chi connectivity index (χ3v) is 7.44. The SMILES string of the molecule is CCOC(=O)C1=C(O)/C(=C/c2cc(Br)c(OCc3cccc(F)c3)c(OC)c2)SC1=NC(=O)c1ccccc1Cl. The Hall–Kier alpha value is -3.60. The molecule has 1 aliphatic heterocycles. The molecule has 1 N–H and O–H groups in total. The molecule has 0 atom stereocenters. The lowest BCUT2D eigenvalue weighted by Gasteiger charge is -2.14. The molecule has 3 aromatic rings. The van der Waals surface area contributed by atoms with Gasteiger partial charge in [0.05, 0.1) is 33.7 Å². The van der Waals surface area contributed by atoms with Crippen molar-refractivity contribution in [3.05, 3.63) is 109 Å². The number of benzene rings is 3. The number of halogens is 3. The number of ether oxygens (including phenoxy) is 3. The molecule has 0 saturated carbocycles. The van der Waals surface area contributed by atoms with Crippen molar-refractivity contribution in [1.29, 1.82) is 0 Å². The zero-order valence-corrected chi connectivity index (χ0v) is 24.4. The summed E-state index contributed by atoms with van der Waals surface area (Å²) in [6.07, 6.45) is 1.60. The molecule has 3 aromatic carbocycles. The van der Waals surface area contributed by atoms with Crippen LogP contribution in [0.3, 0.4) is 0 Å². The van der Waals surface area contributed by atoms with E-state index in [0.717, 1.165) is 11.8 Å². The molecule has 1 heterocycles. The molecule has 40 heavy (non-hydrogen) atoms. The molecule has 0 aliphatic carbocycles. The Kier molecular flexibility index (Phi) is 9.67. The molecule has 206 valence electrons. The molecule has 0 saturated heterocycles. The highest BCUT2D eigenvalue weighted by atomic mass is 79.9. The predicted octanol–water partition coefficient (Wildman–Crippen LogP) is 7.53. The van der Waals surface area contributed by atoms with Crippen LogP contribution < -0.4 is 9.47 Å². The summed E-state index contributed by atoms with van der Waals surface area (Å²) in [7, 11) is 1.47. The van der Waals surface area contributed by atoms with Crippen molar-refractivity contribution in [2.24, 2.45) is 4.99 Å². The molecule has 0 fully saturated rings. The minimum Gasteiger partial charge on any atom is -0.506 e. The Labute approximate surface area is 247 Å². The third-order valence-electron chi connectivity index (χ3n) is 5.50. The zero-order valence-electron chi connectivity index (χ0n) is 21.2. The second kappa shape index (κ2) is 13.2. The van der Waals surface area contributed by atoms with Gasteiger partial charge in [0.1, 0.15) is 28.8 Å². The van der Waals surface area contributed by atoms with Crippen molar-refractivity contribution in [3.63, 3.8) is 0 Å². The minimum atomic E-state index is -0.818. The number of esters is 1. The normalized spacial score (nSPS) is 15.0. The van der Waals surface area contributed by atoms with E-state index in [1.165, 1.54) is 25.3 Å². The molecule has 0 radical (unpaired) electrons. The van der Waals surface area contributed by atoms with E-state index in [-0.39, 0.29) is 50.9 Å². The first-order valence-electron chi connectivity index (χ1n) is 11.8. The van der Waals surface area contributed by atoms with Gasteiger partial charge in [0.15, 0.2) is 11.5 Å². The molecule has 0 bridgehead atoms. The number of amides is 1. The van der Waals surface area contributed by atoms with Gasteiger partial charge in [0, 0.05) is 0 Å². The van der Waals surface area contributed by atoms with Crippen LogP contribution in [-0.4, -0.2) is 35.7 Å². The van der Waals surface area contributed by atoms with E-state index in [2.05, 4.69) is 20.9 Å². The average Bonchev–Trinajstić information content (AvgIpc) is 3.22. The van der Waals surface area contributed by atoms with Gasteiger partial charge in [0.2, 0.25) is 0 Å². The van der Waals surface area contributed by atoms with Crippen LogP contribution in [0.15, 0.2) is 86.4 Å². The minimum absolute atomic E-state index is 0.0202. The summed E-state index contributed by atoms with van der Waals surface area (Å²) in [6.45, 7) is 1.79. The van der Waals surface area contributed by atoms with Gasteiger partial charge in [-0.05, 0) is 76.5 Å². The van der Waals surface area contributed by atoms with Crippen molar-refractivity contribution in [2.45, 2.75) is 13.5 Å². The topological polar surface area (TPSA) is 94.4 Å². The van der Waals surface area contributed by atoms with Crippen LogP contribution in [0.5, 0.6) is 11.5 Å². The van der Waals surface area contributed by atoms with E-state index in [1.807, 2.05) is 0 Å². The quantitative estimate of drug-likeness (QED) is 0.253. The van der Waals surface area contributed by atoms with E-state index < -0.39 is 11.9 Å². The summed E-state index contributed by atoms with van der Waals surface area (Å²) in [4.78, 5) is 29.9. The summed E-state index contributed by atoms with van der Waals surface area (Å²) >= 11 is 10.5.